The van der Waals surface area contributed by atoms with Gasteiger partial charge in [0.1, 0.15) is 11.2 Å². The second-order valence-corrected chi connectivity index (χ2v) is 14.0. The highest BCUT2D eigenvalue weighted by atomic mass is 16.3. The van der Waals surface area contributed by atoms with Gasteiger partial charge in [0, 0.05) is 32.8 Å². The van der Waals surface area contributed by atoms with E-state index in [0.717, 1.165) is 65.9 Å². The van der Waals surface area contributed by atoms with Gasteiger partial charge in [0.15, 0.2) is 17.5 Å². The average molecular weight is 702 g/mol. The molecule has 0 bridgehead atoms. The molecule has 0 aliphatic carbocycles. The molecule has 0 saturated heterocycles. The Morgan fingerprint density at radius 1 is 0.309 bits per heavy atom. The van der Waals surface area contributed by atoms with Crippen LogP contribution in [-0.2, 0) is 0 Å². The fraction of sp³-hybridized carbons (Fsp3) is 0. The number of hydrogen-bond acceptors (Lipinski definition) is 4. The molecule has 0 spiro atoms. The van der Waals surface area contributed by atoms with Crippen LogP contribution in [0.25, 0.3) is 111 Å². The predicted molar refractivity (Wildman–Crippen MR) is 227 cm³/mol. The van der Waals surface area contributed by atoms with Gasteiger partial charge in [-0.1, -0.05) is 152 Å². The molecule has 55 heavy (non-hydrogen) atoms. The molecule has 9 aromatic carbocycles. The predicted octanol–water partition coefficient (Wildman–Crippen LogP) is 13.6. The molecule has 11 rings (SSSR count). The summed E-state index contributed by atoms with van der Waals surface area (Å²) in [6.07, 6.45) is 0. The summed E-state index contributed by atoms with van der Waals surface area (Å²) in [6, 6.07) is 65.9. The van der Waals surface area contributed by atoms with Gasteiger partial charge < -0.3 is 4.42 Å². The quantitative estimate of drug-likeness (QED) is 0.179. The van der Waals surface area contributed by atoms with E-state index in [4.69, 9.17) is 19.4 Å². The first kappa shape index (κ1) is 31.1. The van der Waals surface area contributed by atoms with Crippen LogP contribution in [0.15, 0.2) is 192 Å². The molecule has 256 valence electrons. The van der Waals surface area contributed by atoms with Crippen LogP contribution in [0.3, 0.4) is 0 Å². The molecular weight excluding hydrogens is 671 g/mol. The van der Waals surface area contributed by atoms with Gasteiger partial charge in [-0.25, -0.2) is 15.0 Å². The highest BCUT2D eigenvalue weighted by molar-refractivity contribution is 6.18. The molecule has 0 unspecified atom stereocenters. The van der Waals surface area contributed by atoms with E-state index in [1.807, 2.05) is 12.1 Å². The van der Waals surface area contributed by atoms with Gasteiger partial charge >= 0.3 is 0 Å². The van der Waals surface area contributed by atoms with E-state index in [0.29, 0.717) is 17.5 Å². The maximum atomic E-state index is 6.58. The largest absolute Gasteiger partial charge is 0.455 e. The Balaban J connectivity index is 1.13. The summed E-state index contributed by atoms with van der Waals surface area (Å²) in [7, 11) is 0. The van der Waals surface area contributed by atoms with Gasteiger partial charge in [-0.2, -0.15) is 0 Å². The molecule has 0 atom stereocenters. The van der Waals surface area contributed by atoms with Gasteiger partial charge in [-0.15, -0.1) is 0 Å². The Morgan fingerprint density at radius 2 is 0.927 bits per heavy atom. The highest BCUT2D eigenvalue weighted by Gasteiger charge is 2.19. The topological polar surface area (TPSA) is 51.8 Å². The molecule has 0 radical (unpaired) electrons. The Labute approximate surface area is 317 Å². The summed E-state index contributed by atoms with van der Waals surface area (Å²) >= 11 is 0. The molecule has 0 amide bonds. The van der Waals surface area contributed by atoms with Crippen molar-refractivity contribution in [3.63, 3.8) is 0 Å². The smallest absolute Gasteiger partial charge is 0.164 e. The van der Waals surface area contributed by atoms with E-state index in [1.54, 1.807) is 0 Å². The monoisotopic (exact) mass is 701 g/mol. The maximum absolute atomic E-state index is 6.58. The lowest BCUT2D eigenvalue weighted by molar-refractivity contribution is 0.672. The molecule has 2 aromatic heterocycles. The van der Waals surface area contributed by atoms with E-state index >= 15 is 0 Å². The van der Waals surface area contributed by atoms with Crippen LogP contribution in [0.1, 0.15) is 0 Å². The van der Waals surface area contributed by atoms with E-state index < -0.39 is 0 Å². The second-order valence-electron chi connectivity index (χ2n) is 14.0. The molecule has 2 heterocycles. The van der Waals surface area contributed by atoms with E-state index in [9.17, 15) is 0 Å². The molecule has 0 aliphatic rings. The zero-order valence-corrected chi connectivity index (χ0v) is 29.6. The fourth-order valence-corrected chi connectivity index (χ4v) is 8.00. The van der Waals surface area contributed by atoms with Crippen molar-refractivity contribution in [1.29, 1.82) is 0 Å². The van der Waals surface area contributed by atoms with E-state index in [2.05, 4.69) is 176 Å². The Kier molecular flexibility index (Phi) is 7.14. The molecule has 0 aliphatic heterocycles. The molecule has 4 nitrogen and oxygen atoms in total. The number of fused-ring (bicyclic) bond motifs is 7. The van der Waals surface area contributed by atoms with Crippen LogP contribution in [-0.4, -0.2) is 15.0 Å². The van der Waals surface area contributed by atoms with Crippen molar-refractivity contribution in [2.45, 2.75) is 0 Å². The van der Waals surface area contributed by atoms with Crippen LogP contribution in [0.4, 0.5) is 0 Å². The summed E-state index contributed by atoms with van der Waals surface area (Å²) < 4.78 is 6.58. The molecule has 11 aromatic rings. The van der Waals surface area contributed by atoms with Crippen LogP contribution in [0.5, 0.6) is 0 Å². The van der Waals surface area contributed by atoms with Gasteiger partial charge in [0.05, 0.1) is 0 Å². The molecule has 4 heteroatoms. The highest BCUT2D eigenvalue weighted by Crippen LogP contribution is 2.40. The first-order valence-electron chi connectivity index (χ1n) is 18.5. The van der Waals surface area contributed by atoms with Crippen molar-refractivity contribution in [3.8, 4) is 56.4 Å². The third kappa shape index (κ3) is 5.34. The number of nitrogens with zero attached hydrogens (tertiary/aromatic N) is 3. The number of benzene rings is 9. The van der Waals surface area contributed by atoms with Crippen molar-refractivity contribution >= 4 is 54.3 Å². The second kappa shape index (κ2) is 12.6. The maximum Gasteiger partial charge on any atom is 0.164 e. The third-order valence-electron chi connectivity index (χ3n) is 10.7. The summed E-state index contributed by atoms with van der Waals surface area (Å²) in [5, 5.41) is 8.92. The lowest BCUT2D eigenvalue weighted by Gasteiger charge is -2.13. The number of hydrogen-bond donors (Lipinski definition) is 0. The minimum Gasteiger partial charge on any atom is -0.455 e. The molecule has 0 fully saturated rings. The number of rotatable bonds is 5. The molecule has 0 N–H and O–H groups in total. The van der Waals surface area contributed by atoms with Crippen molar-refractivity contribution in [2.75, 3.05) is 0 Å². The normalized spacial score (nSPS) is 11.6. The van der Waals surface area contributed by atoms with Crippen LogP contribution in [0, 0.1) is 0 Å². The van der Waals surface area contributed by atoms with Crippen molar-refractivity contribution in [3.05, 3.63) is 188 Å². The molecule has 0 saturated carbocycles. The first-order valence-corrected chi connectivity index (χ1v) is 18.5. The number of furan rings is 1. The Bertz CT molecular complexity index is 3270. The zero-order valence-electron chi connectivity index (χ0n) is 29.6. The minimum atomic E-state index is 0.594. The lowest BCUT2D eigenvalue weighted by atomic mass is 9.92. The Hall–Kier alpha value is -7.43. The summed E-state index contributed by atoms with van der Waals surface area (Å²) in [5.74, 6) is 1.81. The van der Waals surface area contributed by atoms with E-state index in [-0.39, 0.29) is 0 Å². The lowest BCUT2D eigenvalue weighted by Crippen LogP contribution is -2.00. The minimum absolute atomic E-state index is 0.594. The summed E-state index contributed by atoms with van der Waals surface area (Å²) in [5.41, 5.74) is 9.00. The van der Waals surface area contributed by atoms with Gasteiger partial charge in [-0.05, 0) is 85.6 Å². The van der Waals surface area contributed by atoms with Crippen LogP contribution < -0.4 is 0 Å². The third-order valence-corrected chi connectivity index (χ3v) is 10.7. The van der Waals surface area contributed by atoms with Crippen LogP contribution in [0.2, 0.25) is 0 Å². The van der Waals surface area contributed by atoms with Crippen molar-refractivity contribution in [1.82, 2.24) is 15.0 Å². The van der Waals surface area contributed by atoms with Crippen molar-refractivity contribution < 1.29 is 4.42 Å². The summed E-state index contributed by atoms with van der Waals surface area (Å²) in [4.78, 5) is 15.7. The average Bonchev–Trinajstić information content (AvgIpc) is 3.66. The van der Waals surface area contributed by atoms with Gasteiger partial charge in [0.2, 0.25) is 0 Å². The van der Waals surface area contributed by atoms with E-state index in [1.165, 1.54) is 27.3 Å². The standard InChI is InChI=1S/C51H31N3O/c1-2-12-32(13-3-1)40-30-36-17-7-8-20-41(36)45(31-40)37-18-10-19-38(29-37)49-52-50(39-25-24-33-14-4-5-16-35(33)28-39)54-51(53-49)44-22-11-23-46-47(44)43-27-26-34-15-6-9-21-42(34)48(43)55-46/h1-31H. The Morgan fingerprint density at radius 3 is 1.78 bits per heavy atom. The summed E-state index contributed by atoms with van der Waals surface area (Å²) in [6.45, 7) is 0. The van der Waals surface area contributed by atoms with Gasteiger partial charge in [0.25, 0.3) is 0 Å². The van der Waals surface area contributed by atoms with Gasteiger partial charge in [-0.3, -0.25) is 0 Å². The SMILES string of the molecule is c1ccc(-c2cc(-c3cccc(-c4nc(-c5ccc6ccccc6c5)nc(-c5cccc6oc7c8ccccc8ccc7c56)n4)c3)c3ccccc3c2)cc1. The molecular formula is C51H31N3O. The zero-order chi connectivity index (χ0) is 36.3. The van der Waals surface area contributed by atoms with Crippen molar-refractivity contribution in [2.24, 2.45) is 0 Å². The van der Waals surface area contributed by atoms with Crippen LogP contribution >= 0.6 is 0 Å². The number of aromatic nitrogens is 3. The first-order chi connectivity index (χ1) is 27.2. The fourth-order valence-electron chi connectivity index (χ4n) is 8.00.